The van der Waals surface area contributed by atoms with E-state index in [1.807, 2.05) is 49.4 Å². The molecule has 0 unspecified atom stereocenters. The Labute approximate surface area is 157 Å². The topological polar surface area (TPSA) is 63.2 Å². The lowest BCUT2D eigenvalue weighted by molar-refractivity contribution is -0.118. The third-order valence-electron chi connectivity index (χ3n) is 3.57. The van der Waals surface area contributed by atoms with Crippen molar-refractivity contribution in [1.29, 1.82) is 0 Å². The Kier molecular flexibility index (Phi) is 5.71. The summed E-state index contributed by atoms with van der Waals surface area (Å²) in [5.41, 5.74) is 2.50. The minimum Gasteiger partial charge on any atom is -0.484 e. The van der Waals surface area contributed by atoms with Gasteiger partial charge in [-0.2, -0.15) is 0 Å². The number of hydrogen-bond donors (Lipinski definition) is 2. The first-order valence-corrected chi connectivity index (χ1v) is 8.45. The van der Waals surface area contributed by atoms with Crippen molar-refractivity contribution in [2.45, 2.75) is 6.92 Å². The second-order valence-corrected chi connectivity index (χ2v) is 6.09. The molecule has 1 amide bonds. The molecule has 0 radical (unpaired) electrons. The summed E-state index contributed by atoms with van der Waals surface area (Å²) >= 11 is 6.11. The Morgan fingerprint density at radius 1 is 1.08 bits per heavy atom. The van der Waals surface area contributed by atoms with Crippen LogP contribution in [0.1, 0.15) is 5.56 Å². The van der Waals surface area contributed by atoms with Crippen LogP contribution in [0.5, 0.6) is 5.75 Å². The van der Waals surface area contributed by atoms with Crippen LogP contribution in [0.2, 0.25) is 5.02 Å². The fourth-order valence-electron chi connectivity index (χ4n) is 2.22. The van der Waals surface area contributed by atoms with Crippen molar-refractivity contribution in [3.05, 3.63) is 77.4 Å². The Bertz CT molecular complexity index is 880. The van der Waals surface area contributed by atoms with Gasteiger partial charge in [0.1, 0.15) is 11.6 Å². The van der Waals surface area contributed by atoms with Gasteiger partial charge in [-0.05, 0) is 43.3 Å². The van der Waals surface area contributed by atoms with Crippen molar-refractivity contribution < 1.29 is 9.53 Å². The van der Waals surface area contributed by atoms with Gasteiger partial charge in [0.15, 0.2) is 6.61 Å². The van der Waals surface area contributed by atoms with E-state index in [-0.39, 0.29) is 12.5 Å². The molecule has 1 heterocycles. The number of amides is 1. The first-order valence-electron chi connectivity index (χ1n) is 8.07. The van der Waals surface area contributed by atoms with Crippen molar-refractivity contribution in [3.63, 3.8) is 0 Å². The average molecular weight is 368 g/mol. The molecule has 0 aliphatic heterocycles. The van der Waals surface area contributed by atoms with E-state index in [9.17, 15) is 4.79 Å². The molecule has 2 aromatic carbocycles. The molecule has 0 aliphatic rings. The summed E-state index contributed by atoms with van der Waals surface area (Å²) in [4.78, 5) is 16.2. The second-order valence-electron chi connectivity index (χ2n) is 5.69. The predicted octanol–water partition coefficient (Wildman–Crippen LogP) is 4.80. The molecule has 3 rings (SSSR count). The molecule has 0 bridgehead atoms. The minimum absolute atomic E-state index is 0.0668. The highest BCUT2D eigenvalue weighted by Gasteiger charge is 2.05. The average Bonchev–Trinajstić information content (AvgIpc) is 2.65. The molecule has 1 aromatic heterocycles. The number of halogens is 1. The Morgan fingerprint density at radius 3 is 2.54 bits per heavy atom. The van der Waals surface area contributed by atoms with Gasteiger partial charge in [0.25, 0.3) is 5.91 Å². The summed E-state index contributed by atoms with van der Waals surface area (Å²) in [5, 5.41) is 6.48. The molecule has 26 heavy (non-hydrogen) atoms. The number of carbonyl (C=O) groups excluding carboxylic acids is 1. The maximum Gasteiger partial charge on any atom is 0.262 e. The zero-order valence-electron chi connectivity index (χ0n) is 14.2. The largest absolute Gasteiger partial charge is 0.484 e. The summed E-state index contributed by atoms with van der Waals surface area (Å²) in [5.74, 6) is 1.04. The van der Waals surface area contributed by atoms with Gasteiger partial charge in [-0.3, -0.25) is 4.79 Å². The number of aryl methyl sites for hydroxylation is 1. The van der Waals surface area contributed by atoms with Crippen molar-refractivity contribution in [2.75, 3.05) is 17.2 Å². The predicted molar refractivity (Wildman–Crippen MR) is 104 cm³/mol. The first-order chi connectivity index (χ1) is 12.6. The molecule has 0 spiro atoms. The fourth-order valence-corrected chi connectivity index (χ4v) is 2.41. The molecule has 132 valence electrons. The molecular formula is C20H18ClN3O2. The SMILES string of the molecule is Cc1ccc(OCC(=O)Nc2ccc(Nc3ccccc3Cl)nc2)cc1. The number of anilines is 3. The van der Waals surface area contributed by atoms with Gasteiger partial charge in [0.2, 0.25) is 0 Å². The number of para-hydroxylation sites is 1. The summed E-state index contributed by atoms with van der Waals surface area (Å²) in [6.45, 7) is 1.93. The number of hydrogen-bond acceptors (Lipinski definition) is 4. The summed E-state index contributed by atoms with van der Waals surface area (Å²) in [6, 6.07) is 18.5. The van der Waals surface area contributed by atoms with Crippen molar-refractivity contribution in [2.24, 2.45) is 0 Å². The van der Waals surface area contributed by atoms with Gasteiger partial charge in [-0.25, -0.2) is 4.98 Å². The molecule has 3 aromatic rings. The Hall–Kier alpha value is -3.05. The molecule has 0 saturated carbocycles. The van der Waals surface area contributed by atoms with E-state index in [2.05, 4.69) is 15.6 Å². The molecule has 2 N–H and O–H groups in total. The molecule has 6 heteroatoms. The van der Waals surface area contributed by atoms with Gasteiger partial charge in [0, 0.05) is 0 Å². The van der Waals surface area contributed by atoms with Crippen LogP contribution in [0.15, 0.2) is 66.9 Å². The Morgan fingerprint density at radius 2 is 1.85 bits per heavy atom. The zero-order chi connectivity index (χ0) is 18.4. The lowest BCUT2D eigenvalue weighted by atomic mass is 10.2. The van der Waals surface area contributed by atoms with Crippen molar-refractivity contribution in [1.82, 2.24) is 4.98 Å². The van der Waals surface area contributed by atoms with Gasteiger partial charge >= 0.3 is 0 Å². The highest BCUT2D eigenvalue weighted by Crippen LogP contribution is 2.24. The standard InChI is InChI=1S/C20H18ClN3O2/c1-14-6-9-16(10-7-14)26-13-20(25)23-15-8-11-19(22-12-15)24-18-5-3-2-4-17(18)21/h2-12H,13H2,1H3,(H,22,24)(H,23,25). The van der Waals surface area contributed by atoms with Crippen LogP contribution in [-0.4, -0.2) is 17.5 Å². The lowest BCUT2D eigenvalue weighted by Crippen LogP contribution is -2.20. The maximum absolute atomic E-state index is 12.0. The number of pyridine rings is 1. The van der Waals surface area contributed by atoms with Crippen LogP contribution in [-0.2, 0) is 4.79 Å². The van der Waals surface area contributed by atoms with E-state index in [0.29, 0.717) is 22.3 Å². The molecule has 5 nitrogen and oxygen atoms in total. The third-order valence-corrected chi connectivity index (χ3v) is 3.90. The monoisotopic (exact) mass is 367 g/mol. The van der Waals surface area contributed by atoms with Crippen LogP contribution in [0.4, 0.5) is 17.2 Å². The Balaban J connectivity index is 1.52. The number of aromatic nitrogens is 1. The summed E-state index contributed by atoms with van der Waals surface area (Å²) < 4.78 is 5.45. The van der Waals surface area contributed by atoms with Gasteiger partial charge in [-0.15, -0.1) is 0 Å². The quantitative estimate of drug-likeness (QED) is 0.656. The van der Waals surface area contributed by atoms with Gasteiger partial charge in [-0.1, -0.05) is 41.4 Å². The van der Waals surface area contributed by atoms with E-state index < -0.39 is 0 Å². The molecule has 0 saturated heterocycles. The molecule has 0 aliphatic carbocycles. The summed E-state index contributed by atoms with van der Waals surface area (Å²) in [7, 11) is 0. The normalized spacial score (nSPS) is 10.2. The number of rotatable bonds is 6. The van der Waals surface area contributed by atoms with E-state index in [1.165, 1.54) is 0 Å². The highest BCUT2D eigenvalue weighted by atomic mass is 35.5. The molecule has 0 fully saturated rings. The van der Waals surface area contributed by atoms with Crippen molar-refractivity contribution >= 4 is 34.7 Å². The van der Waals surface area contributed by atoms with E-state index in [1.54, 1.807) is 24.4 Å². The van der Waals surface area contributed by atoms with E-state index in [0.717, 1.165) is 11.3 Å². The van der Waals surface area contributed by atoms with Crippen LogP contribution in [0.25, 0.3) is 0 Å². The van der Waals surface area contributed by atoms with E-state index >= 15 is 0 Å². The number of nitrogens with zero attached hydrogens (tertiary/aromatic N) is 1. The summed E-state index contributed by atoms with van der Waals surface area (Å²) in [6.07, 6.45) is 1.57. The van der Waals surface area contributed by atoms with Crippen molar-refractivity contribution in [3.8, 4) is 5.75 Å². The maximum atomic E-state index is 12.0. The minimum atomic E-state index is -0.251. The zero-order valence-corrected chi connectivity index (χ0v) is 15.0. The van der Waals surface area contributed by atoms with Gasteiger partial charge in [0.05, 0.1) is 22.6 Å². The van der Waals surface area contributed by atoms with Crippen LogP contribution in [0.3, 0.4) is 0 Å². The van der Waals surface area contributed by atoms with Crippen LogP contribution < -0.4 is 15.4 Å². The number of carbonyl (C=O) groups is 1. The highest BCUT2D eigenvalue weighted by molar-refractivity contribution is 6.33. The first kappa shape index (κ1) is 17.8. The van der Waals surface area contributed by atoms with Crippen LogP contribution >= 0.6 is 11.6 Å². The number of ether oxygens (including phenoxy) is 1. The number of nitrogens with one attached hydrogen (secondary N) is 2. The molecule has 0 atom stereocenters. The third kappa shape index (κ3) is 4.97. The van der Waals surface area contributed by atoms with Crippen LogP contribution in [0, 0.1) is 6.92 Å². The molecular weight excluding hydrogens is 350 g/mol. The lowest BCUT2D eigenvalue weighted by Gasteiger charge is -2.09. The fraction of sp³-hybridized carbons (Fsp3) is 0.100. The smallest absolute Gasteiger partial charge is 0.262 e. The van der Waals surface area contributed by atoms with E-state index in [4.69, 9.17) is 16.3 Å². The van der Waals surface area contributed by atoms with Gasteiger partial charge < -0.3 is 15.4 Å². The number of benzene rings is 2. The second kappa shape index (κ2) is 8.36.